The lowest BCUT2D eigenvalue weighted by Gasteiger charge is -2.17. The third-order valence-corrected chi connectivity index (χ3v) is 3.69. The van der Waals surface area contributed by atoms with Gasteiger partial charge in [0.15, 0.2) is 5.03 Å². The third kappa shape index (κ3) is 5.28. The van der Waals surface area contributed by atoms with Crippen molar-refractivity contribution in [1.82, 2.24) is 9.71 Å². The highest BCUT2D eigenvalue weighted by Gasteiger charge is 2.15. The van der Waals surface area contributed by atoms with Crippen LogP contribution >= 0.6 is 0 Å². The summed E-state index contributed by atoms with van der Waals surface area (Å²) in [6, 6.07) is 4.85. The molecule has 1 aromatic rings. The molecule has 0 amide bonds. The Bertz CT molecular complexity index is 435. The molecule has 0 fully saturated rings. The van der Waals surface area contributed by atoms with Crippen molar-refractivity contribution in [3.05, 3.63) is 24.4 Å². The minimum absolute atomic E-state index is 0.0794. The second-order valence-electron chi connectivity index (χ2n) is 5.23. The van der Waals surface area contributed by atoms with E-state index in [1.165, 1.54) is 12.3 Å². The van der Waals surface area contributed by atoms with E-state index in [2.05, 4.69) is 30.5 Å². The summed E-state index contributed by atoms with van der Waals surface area (Å²) < 4.78 is 26.1. The fourth-order valence-electron chi connectivity index (χ4n) is 1.41. The van der Waals surface area contributed by atoms with Crippen LogP contribution in [-0.2, 0) is 10.0 Å². The van der Waals surface area contributed by atoms with Crippen molar-refractivity contribution >= 4 is 10.0 Å². The average molecular weight is 256 g/mol. The van der Waals surface area contributed by atoms with Crippen LogP contribution in [0.15, 0.2) is 29.4 Å². The first kappa shape index (κ1) is 14.1. The zero-order valence-electron chi connectivity index (χ0n) is 10.6. The minimum Gasteiger partial charge on any atom is -0.243 e. The van der Waals surface area contributed by atoms with Gasteiger partial charge in [-0.3, -0.25) is 0 Å². The van der Waals surface area contributed by atoms with Crippen molar-refractivity contribution < 1.29 is 8.42 Å². The fraction of sp³-hybridized carbons (Fsp3) is 0.583. The van der Waals surface area contributed by atoms with Gasteiger partial charge in [0.2, 0.25) is 0 Å². The maximum Gasteiger partial charge on any atom is 0.258 e. The lowest BCUT2D eigenvalue weighted by Crippen LogP contribution is -2.26. The molecule has 17 heavy (non-hydrogen) atoms. The third-order valence-electron chi connectivity index (χ3n) is 2.31. The normalized spacial score (nSPS) is 12.6. The molecule has 96 valence electrons. The van der Waals surface area contributed by atoms with Crippen LogP contribution in [-0.4, -0.2) is 19.9 Å². The molecule has 0 bridgehead atoms. The Kier molecular flexibility index (Phi) is 4.65. The van der Waals surface area contributed by atoms with E-state index in [0.29, 0.717) is 6.54 Å². The lowest BCUT2D eigenvalue weighted by molar-refractivity contribution is 0.365. The topological polar surface area (TPSA) is 59.1 Å². The summed E-state index contributed by atoms with van der Waals surface area (Å²) in [5.41, 5.74) is 0.233. The second kappa shape index (κ2) is 5.60. The molecular formula is C12H20N2O2S. The first-order valence-corrected chi connectivity index (χ1v) is 7.20. The van der Waals surface area contributed by atoms with Gasteiger partial charge in [-0.2, -0.15) is 0 Å². The fourth-order valence-corrected chi connectivity index (χ4v) is 2.42. The van der Waals surface area contributed by atoms with Crippen LogP contribution in [0, 0.1) is 5.41 Å². The maximum atomic E-state index is 11.8. The highest BCUT2D eigenvalue weighted by Crippen LogP contribution is 2.19. The van der Waals surface area contributed by atoms with Crippen molar-refractivity contribution in [2.45, 2.75) is 38.6 Å². The van der Waals surface area contributed by atoms with Crippen LogP contribution in [0.4, 0.5) is 0 Å². The molecule has 1 N–H and O–H groups in total. The number of hydrogen-bond donors (Lipinski definition) is 1. The molecule has 5 heteroatoms. The summed E-state index contributed by atoms with van der Waals surface area (Å²) in [5.74, 6) is 0. The zero-order chi connectivity index (χ0) is 12.9. The maximum absolute atomic E-state index is 11.8. The van der Waals surface area contributed by atoms with Gasteiger partial charge in [0.25, 0.3) is 10.0 Å². The van der Waals surface area contributed by atoms with E-state index >= 15 is 0 Å². The molecular weight excluding hydrogens is 236 g/mol. The summed E-state index contributed by atoms with van der Waals surface area (Å²) in [6.07, 6.45) is 3.29. The molecule has 0 aliphatic heterocycles. The van der Waals surface area contributed by atoms with E-state index in [4.69, 9.17) is 0 Å². The van der Waals surface area contributed by atoms with E-state index in [1.807, 2.05) is 0 Å². The highest BCUT2D eigenvalue weighted by molar-refractivity contribution is 7.89. The van der Waals surface area contributed by atoms with Crippen molar-refractivity contribution in [2.75, 3.05) is 6.54 Å². The molecule has 1 rings (SSSR count). The molecule has 0 atom stereocenters. The average Bonchev–Trinajstić information content (AvgIpc) is 2.25. The van der Waals surface area contributed by atoms with Crippen LogP contribution in [0.5, 0.6) is 0 Å². The van der Waals surface area contributed by atoms with Crippen LogP contribution in [0.1, 0.15) is 33.6 Å². The first-order valence-electron chi connectivity index (χ1n) is 5.72. The molecule has 1 heterocycles. The molecule has 0 aromatic carbocycles. The summed E-state index contributed by atoms with van der Waals surface area (Å²) in [6.45, 7) is 6.87. The predicted octanol–water partition coefficient (Wildman–Crippen LogP) is 2.19. The monoisotopic (exact) mass is 256 g/mol. The summed E-state index contributed by atoms with van der Waals surface area (Å²) >= 11 is 0. The molecule has 0 aliphatic rings. The smallest absolute Gasteiger partial charge is 0.243 e. The minimum atomic E-state index is -3.44. The Labute approximate surface area is 104 Å². The largest absolute Gasteiger partial charge is 0.258 e. The van der Waals surface area contributed by atoms with E-state index in [9.17, 15) is 8.42 Å². The van der Waals surface area contributed by atoms with Gasteiger partial charge in [-0.25, -0.2) is 18.1 Å². The predicted molar refractivity (Wildman–Crippen MR) is 68.1 cm³/mol. The van der Waals surface area contributed by atoms with Crippen LogP contribution in [0.2, 0.25) is 0 Å². The number of sulfonamides is 1. The van der Waals surface area contributed by atoms with Crippen LogP contribution in [0.3, 0.4) is 0 Å². The second-order valence-corrected chi connectivity index (χ2v) is 6.94. The van der Waals surface area contributed by atoms with E-state index in [-0.39, 0.29) is 10.4 Å². The van der Waals surface area contributed by atoms with E-state index in [0.717, 1.165) is 12.8 Å². The quantitative estimate of drug-likeness (QED) is 0.821. The van der Waals surface area contributed by atoms with Crippen molar-refractivity contribution in [2.24, 2.45) is 5.41 Å². The molecule has 1 aromatic heterocycles. The van der Waals surface area contributed by atoms with Crippen LogP contribution < -0.4 is 4.72 Å². The Balaban J connectivity index is 2.47. The molecule has 0 saturated heterocycles. The van der Waals surface area contributed by atoms with E-state index in [1.54, 1.807) is 12.1 Å². The van der Waals surface area contributed by atoms with Gasteiger partial charge in [0.05, 0.1) is 0 Å². The number of pyridine rings is 1. The van der Waals surface area contributed by atoms with E-state index < -0.39 is 10.0 Å². The highest BCUT2D eigenvalue weighted by atomic mass is 32.2. The molecule has 4 nitrogen and oxygen atoms in total. The standard InChI is InChI=1S/C12H20N2O2S/c1-12(2,3)8-6-10-14-17(15,16)11-7-4-5-9-13-11/h4-5,7,9,14H,6,8,10H2,1-3H3. The SMILES string of the molecule is CC(C)(C)CCCNS(=O)(=O)c1ccccn1. The number of hydrogen-bond acceptors (Lipinski definition) is 3. The van der Waals surface area contributed by atoms with Crippen molar-refractivity contribution in [3.63, 3.8) is 0 Å². The summed E-state index contributed by atoms with van der Waals surface area (Å²) in [7, 11) is -3.44. The van der Waals surface area contributed by atoms with Crippen LogP contribution in [0.25, 0.3) is 0 Å². The summed E-state index contributed by atoms with van der Waals surface area (Å²) in [4.78, 5) is 3.83. The first-order chi connectivity index (χ1) is 7.81. The number of nitrogens with zero attached hydrogens (tertiary/aromatic N) is 1. The Hall–Kier alpha value is -0.940. The van der Waals surface area contributed by atoms with Crippen molar-refractivity contribution in [3.8, 4) is 0 Å². The lowest BCUT2D eigenvalue weighted by atomic mass is 9.91. The van der Waals surface area contributed by atoms with Gasteiger partial charge < -0.3 is 0 Å². The van der Waals surface area contributed by atoms with Crippen molar-refractivity contribution in [1.29, 1.82) is 0 Å². The van der Waals surface area contributed by atoms with Gasteiger partial charge in [-0.05, 0) is 30.4 Å². The molecule has 0 aliphatic carbocycles. The number of nitrogens with one attached hydrogen (secondary N) is 1. The molecule has 0 saturated carbocycles. The number of rotatable bonds is 5. The van der Waals surface area contributed by atoms with Gasteiger partial charge in [0.1, 0.15) is 0 Å². The van der Waals surface area contributed by atoms with Gasteiger partial charge in [-0.15, -0.1) is 0 Å². The molecule has 0 radical (unpaired) electrons. The molecule has 0 unspecified atom stereocenters. The Morgan fingerprint density at radius 3 is 2.53 bits per heavy atom. The number of aromatic nitrogens is 1. The Morgan fingerprint density at radius 1 is 1.29 bits per heavy atom. The van der Waals surface area contributed by atoms with Gasteiger partial charge in [0, 0.05) is 12.7 Å². The summed E-state index contributed by atoms with van der Waals surface area (Å²) in [5, 5.41) is 0.0794. The molecule has 0 spiro atoms. The van der Waals surface area contributed by atoms with Gasteiger partial charge >= 0.3 is 0 Å². The zero-order valence-corrected chi connectivity index (χ0v) is 11.4. The Morgan fingerprint density at radius 2 is 2.00 bits per heavy atom. The van der Waals surface area contributed by atoms with Gasteiger partial charge in [-0.1, -0.05) is 26.8 Å².